The summed E-state index contributed by atoms with van der Waals surface area (Å²) in [4.78, 5) is 15.2. The Morgan fingerprint density at radius 2 is 2.44 bits per heavy atom. The fourth-order valence-corrected chi connectivity index (χ4v) is 1.39. The minimum Gasteiger partial charge on any atom is -0.351 e. The zero-order valence-corrected chi connectivity index (χ0v) is 9.60. The van der Waals surface area contributed by atoms with Gasteiger partial charge in [0.05, 0.1) is 5.56 Å². The maximum Gasteiger partial charge on any atom is 0.254 e. The number of halogens is 1. The van der Waals surface area contributed by atoms with Crippen molar-refractivity contribution in [3.05, 3.63) is 23.6 Å². The molecule has 0 atom stereocenters. The van der Waals surface area contributed by atoms with E-state index in [1.165, 1.54) is 12.3 Å². The van der Waals surface area contributed by atoms with Gasteiger partial charge in [-0.15, -0.1) is 0 Å². The number of carbonyl (C=O) groups excluding carboxylic acids is 1. The number of hydrazine groups is 1. The molecule has 16 heavy (non-hydrogen) atoms. The third-order valence-electron chi connectivity index (χ3n) is 1.86. The monoisotopic (exact) mass is 244 g/mol. The van der Waals surface area contributed by atoms with E-state index in [0.29, 0.717) is 6.54 Å². The molecule has 0 aliphatic heterocycles. The number of nitrogens with one attached hydrogen (secondary N) is 2. The molecule has 1 rings (SSSR count). The normalized spacial score (nSPS) is 9.94. The van der Waals surface area contributed by atoms with E-state index in [9.17, 15) is 9.18 Å². The van der Waals surface area contributed by atoms with Crippen LogP contribution in [-0.4, -0.2) is 29.4 Å². The lowest BCUT2D eigenvalue weighted by molar-refractivity contribution is 0.0952. The Labute approximate surface area is 97.0 Å². The van der Waals surface area contributed by atoms with Gasteiger partial charge < -0.3 is 10.7 Å². The van der Waals surface area contributed by atoms with Crippen molar-refractivity contribution in [2.24, 2.45) is 5.84 Å². The summed E-state index contributed by atoms with van der Waals surface area (Å²) >= 11 is 1.60. The Balaban J connectivity index is 2.75. The van der Waals surface area contributed by atoms with E-state index in [1.807, 2.05) is 6.26 Å². The van der Waals surface area contributed by atoms with Gasteiger partial charge in [-0.25, -0.2) is 15.2 Å². The molecule has 0 aromatic carbocycles. The summed E-state index contributed by atoms with van der Waals surface area (Å²) in [6.07, 6.45) is 3.25. The number of pyridine rings is 1. The molecule has 1 aromatic rings. The van der Waals surface area contributed by atoms with E-state index in [2.05, 4.69) is 15.7 Å². The van der Waals surface area contributed by atoms with Gasteiger partial charge in [0.2, 0.25) is 0 Å². The highest BCUT2D eigenvalue weighted by molar-refractivity contribution is 7.98. The summed E-state index contributed by atoms with van der Waals surface area (Å²) in [5.41, 5.74) is 2.02. The first-order valence-corrected chi connectivity index (χ1v) is 5.98. The number of hydrogen-bond donors (Lipinski definition) is 3. The van der Waals surface area contributed by atoms with E-state index in [-0.39, 0.29) is 11.4 Å². The number of hydrogen-bond acceptors (Lipinski definition) is 5. The van der Waals surface area contributed by atoms with E-state index in [4.69, 9.17) is 5.84 Å². The largest absolute Gasteiger partial charge is 0.351 e. The van der Waals surface area contributed by atoms with Crippen LogP contribution in [-0.2, 0) is 0 Å². The Hall–Kier alpha value is -1.34. The fourth-order valence-electron chi connectivity index (χ4n) is 1.08. The lowest BCUT2D eigenvalue weighted by Gasteiger charge is -2.07. The van der Waals surface area contributed by atoms with Crippen LogP contribution in [0.2, 0.25) is 0 Å². The Bertz CT molecular complexity index is 375. The topological polar surface area (TPSA) is 80.0 Å². The van der Waals surface area contributed by atoms with Gasteiger partial charge in [-0.05, 0) is 12.3 Å². The first-order valence-electron chi connectivity index (χ1n) is 4.59. The average molecular weight is 244 g/mol. The Morgan fingerprint density at radius 1 is 1.69 bits per heavy atom. The van der Waals surface area contributed by atoms with Gasteiger partial charge in [0.25, 0.3) is 5.91 Å². The lowest BCUT2D eigenvalue weighted by atomic mass is 10.2. The quantitative estimate of drug-likeness (QED) is 0.401. The minimum absolute atomic E-state index is 0.0657. The highest BCUT2D eigenvalue weighted by Crippen LogP contribution is 2.13. The van der Waals surface area contributed by atoms with E-state index < -0.39 is 11.7 Å². The van der Waals surface area contributed by atoms with Crippen molar-refractivity contribution in [2.45, 2.75) is 0 Å². The molecule has 0 saturated carbocycles. The van der Waals surface area contributed by atoms with Gasteiger partial charge in [0.1, 0.15) is 0 Å². The van der Waals surface area contributed by atoms with Gasteiger partial charge in [-0.2, -0.15) is 11.8 Å². The van der Waals surface area contributed by atoms with Crippen molar-refractivity contribution in [1.82, 2.24) is 10.3 Å². The predicted molar refractivity (Wildman–Crippen MR) is 62.7 cm³/mol. The van der Waals surface area contributed by atoms with Gasteiger partial charge in [-0.1, -0.05) is 0 Å². The molecule has 0 saturated heterocycles. The molecule has 0 unspecified atom stereocenters. The zero-order chi connectivity index (χ0) is 12.0. The van der Waals surface area contributed by atoms with Crippen LogP contribution in [0.5, 0.6) is 0 Å². The third kappa shape index (κ3) is 3.07. The van der Waals surface area contributed by atoms with Crippen LogP contribution in [0.4, 0.5) is 10.2 Å². The maximum absolute atomic E-state index is 13.6. The van der Waals surface area contributed by atoms with Gasteiger partial charge in [-0.3, -0.25) is 4.79 Å². The number of rotatable bonds is 5. The van der Waals surface area contributed by atoms with Crippen molar-refractivity contribution < 1.29 is 9.18 Å². The summed E-state index contributed by atoms with van der Waals surface area (Å²) in [6.45, 7) is 0.493. The second-order valence-corrected chi connectivity index (χ2v) is 3.90. The molecule has 1 aromatic heterocycles. The van der Waals surface area contributed by atoms with Gasteiger partial charge in [0.15, 0.2) is 11.6 Å². The molecular formula is C9H13FN4OS. The summed E-state index contributed by atoms with van der Waals surface area (Å²) in [6, 6.07) is 1.31. The van der Waals surface area contributed by atoms with Crippen LogP contribution in [0.1, 0.15) is 10.4 Å². The molecule has 5 nitrogen and oxygen atoms in total. The molecule has 7 heteroatoms. The number of thioether (sulfide) groups is 1. The average Bonchev–Trinajstić information content (AvgIpc) is 2.29. The zero-order valence-electron chi connectivity index (χ0n) is 8.79. The van der Waals surface area contributed by atoms with E-state index in [0.717, 1.165) is 5.75 Å². The van der Waals surface area contributed by atoms with Crippen molar-refractivity contribution in [1.29, 1.82) is 0 Å². The first-order chi connectivity index (χ1) is 7.70. The molecule has 0 fully saturated rings. The molecule has 0 aliphatic carbocycles. The smallest absolute Gasteiger partial charge is 0.254 e. The number of anilines is 1. The molecule has 1 heterocycles. The standard InChI is InChI=1S/C9H13FN4OS/c1-16-5-4-13-9(15)6-2-3-12-8(14-11)7(6)10/h2-3H,4-5,11H2,1H3,(H,12,14)(H,13,15). The van der Waals surface area contributed by atoms with Gasteiger partial charge >= 0.3 is 0 Å². The number of aromatic nitrogens is 1. The molecule has 0 aliphatic rings. The van der Waals surface area contributed by atoms with Crippen LogP contribution in [0, 0.1) is 5.82 Å². The van der Waals surface area contributed by atoms with Crippen molar-refractivity contribution >= 4 is 23.5 Å². The second-order valence-electron chi connectivity index (χ2n) is 2.91. The summed E-state index contributed by atoms with van der Waals surface area (Å²) in [5, 5.41) is 2.60. The fraction of sp³-hybridized carbons (Fsp3) is 0.333. The first kappa shape index (κ1) is 12.7. The molecule has 4 N–H and O–H groups in total. The minimum atomic E-state index is -0.744. The van der Waals surface area contributed by atoms with Crippen LogP contribution >= 0.6 is 11.8 Å². The Morgan fingerprint density at radius 3 is 3.06 bits per heavy atom. The predicted octanol–water partition coefficient (Wildman–Crippen LogP) is 0.599. The SMILES string of the molecule is CSCCNC(=O)c1ccnc(NN)c1F. The summed E-state index contributed by atoms with van der Waals surface area (Å²) in [5.74, 6) is 4.48. The third-order valence-corrected chi connectivity index (χ3v) is 2.47. The number of amides is 1. The summed E-state index contributed by atoms with van der Waals surface area (Å²) in [7, 11) is 0. The number of nitrogens with two attached hydrogens (primary N) is 1. The highest BCUT2D eigenvalue weighted by atomic mass is 32.2. The number of nitrogen functional groups attached to an aromatic ring is 1. The molecule has 0 radical (unpaired) electrons. The van der Waals surface area contributed by atoms with Crippen LogP contribution < -0.4 is 16.6 Å². The van der Waals surface area contributed by atoms with E-state index in [1.54, 1.807) is 11.8 Å². The lowest BCUT2D eigenvalue weighted by Crippen LogP contribution is -2.27. The number of nitrogens with zero attached hydrogens (tertiary/aromatic N) is 1. The summed E-state index contributed by atoms with van der Waals surface area (Å²) < 4.78 is 13.6. The number of carbonyl (C=O) groups is 1. The maximum atomic E-state index is 13.6. The molecule has 88 valence electrons. The molecule has 0 bridgehead atoms. The van der Waals surface area contributed by atoms with Crippen molar-refractivity contribution in [3.8, 4) is 0 Å². The molecular weight excluding hydrogens is 231 g/mol. The van der Waals surface area contributed by atoms with E-state index >= 15 is 0 Å². The molecule has 1 amide bonds. The highest BCUT2D eigenvalue weighted by Gasteiger charge is 2.14. The van der Waals surface area contributed by atoms with Crippen molar-refractivity contribution in [2.75, 3.05) is 24.0 Å². The Kier molecular flexibility index (Phi) is 5.00. The molecule has 0 spiro atoms. The van der Waals surface area contributed by atoms with Gasteiger partial charge in [0, 0.05) is 18.5 Å². The van der Waals surface area contributed by atoms with Crippen molar-refractivity contribution in [3.63, 3.8) is 0 Å². The van der Waals surface area contributed by atoms with Crippen LogP contribution in [0.3, 0.4) is 0 Å². The second kappa shape index (κ2) is 6.29. The van der Waals surface area contributed by atoms with Crippen LogP contribution in [0.15, 0.2) is 12.3 Å². The van der Waals surface area contributed by atoms with Crippen LogP contribution in [0.25, 0.3) is 0 Å².